The van der Waals surface area contributed by atoms with Crippen molar-refractivity contribution in [3.05, 3.63) is 187 Å². The summed E-state index contributed by atoms with van der Waals surface area (Å²) in [6, 6.07) is 63.6. The molecule has 0 amide bonds. The molecule has 1 nitrogen and oxygen atoms in total. The Bertz CT molecular complexity index is 2520. The molecule has 1 heteroatoms. The SMILES string of the molecule is C(=C\c1ccc(N(c2ccccc2)c2cccc3ccccc23)cc1)/c1ccc(-c2ccc3ccc4cccc5ccc2c3c45)cc1. The molecule has 0 saturated heterocycles. The Balaban J connectivity index is 1.01. The number of hydrogen-bond donors (Lipinski definition) is 0. The van der Waals surface area contributed by atoms with Crippen LogP contribution in [0.2, 0.25) is 0 Å². The minimum Gasteiger partial charge on any atom is -0.310 e. The van der Waals surface area contributed by atoms with Crippen LogP contribution in [-0.4, -0.2) is 0 Å². The zero-order valence-corrected chi connectivity index (χ0v) is 25.8. The summed E-state index contributed by atoms with van der Waals surface area (Å²) in [5.74, 6) is 0. The number of hydrogen-bond acceptors (Lipinski definition) is 1. The van der Waals surface area contributed by atoms with Gasteiger partial charge in [0.05, 0.1) is 5.69 Å². The van der Waals surface area contributed by atoms with Gasteiger partial charge in [0, 0.05) is 16.8 Å². The van der Waals surface area contributed by atoms with Crippen molar-refractivity contribution in [3.8, 4) is 11.1 Å². The van der Waals surface area contributed by atoms with E-state index in [9.17, 15) is 0 Å². The van der Waals surface area contributed by atoms with Crippen LogP contribution in [0.3, 0.4) is 0 Å². The molecule has 9 aromatic carbocycles. The van der Waals surface area contributed by atoms with Gasteiger partial charge in [0.1, 0.15) is 0 Å². The van der Waals surface area contributed by atoms with Crippen LogP contribution in [0, 0.1) is 0 Å². The zero-order chi connectivity index (χ0) is 31.2. The van der Waals surface area contributed by atoms with E-state index in [1.54, 1.807) is 0 Å². The van der Waals surface area contributed by atoms with Gasteiger partial charge in [0.25, 0.3) is 0 Å². The highest BCUT2D eigenvalue weighted by Gasteiger charge is 2.15. The van der Waals surface area contributed by atoms with Crippen LogP contribution in [0.5, 0.6) is 0 Å². The largest absolute Gasteiger partial charge is 0.310 e. The topological polar surface area (TPSA) is 3.24 Å². The van der Waals surface area contributed by atoms with E-state index in [1.165, 1.54) is 65.5 Å². The molecule has 0 heterocycles. The van der Waals surface area contributed by atoms with Gasteiger partial charge in [-0.25, -0.2) is 0 Å². The summed E-state index contributed by atoms with van der Waals surface area (Å²) in [7, 11) is 0. The minimum atomic E-state index is 1.13. The Hall–Kier alpha value is -6.18. The Labute approximate surface area is 274 Å². The lowest BCUT2D eigenvalue weighted by atomic mass is 9.90. The highest BCUT2D eigenvalue weighted by atomic mass is 15.1. The molecular formula is C46H31N. The zero-order valence-electron chi connectivity index (χ0n) is 25.8. The predicted octanol–water partition coefficient (Wildman–Crippen LogP) is 13.0. The molecule has 0 saturated carbocycles. The molecule has 9 rings (SSSR count). The number of para-hydroxylation sites is 1. The standard InChI is InChI=1S/C46H31N/c1-2-12-39(13-3-1)47(44-15-7-9-34-8-4-5-14-42(34)44)40-28-20-33(21-29-40)17-16-32-18-22-35(23-19-32)41-30-26-38-25-24-36-10-6-11-37-27-31-43(41)46(38)45(36)37/h1-31H/b17-16+. The maximum atomic E-state index is 2.34. The first-order valence-corrected chi connectivity index (χ1v) is 16.2. The first kappa shape index (κ1) is 27.2. The van der Waals surface area contributed by atoms with Gasteiger partial charge < -0.3 is 4.90 Å². The lowest BCUT2D eigenvalue weighted by Gasteiger charge is -2.27. The molecule has 0 N–H and O–H groups in total. The van der Waals surface area contributed by atoms with E-state index >= 15 is 0 Å². The second-order valence-corrected chi connectivity index (χ2v) is 12.2. The average Bonchev–Trinajstić information content (AvgIpc) is 3.14. The summed E-state index contributed by atoms with van der Waals surface area (Å²) in [6.07, 6.45) is 4.39. The molecule has 0 aliphatic rings. The van der Waals surface area contributed by atoms with Crippen molar-refractivity contribution in [3.63, 3.8) is 0 Å². The van der Waals surface area contributed by atoms with E-state index < -0.39 is 0 Å². The van der Waals surface area contributed by atoms with Crippen molar-refractivity contribution in [2.24, 2.45) is 0 Å². The molecule has 0 unspecified atom stereocenters. The Morgan fingerprint density at radius 2 is 0.894 bits per heavy atom. The van der Waals surface area contributed by atoms with Gasteiger partial charge in [-0.05, 0) is 90.3 Å². The first-order chi connectivity index (χ1) is 23.3. The quantitative estimate of drug-likeness (QED) is 0.136. The summed E-state index contributed by atoms with van der Waals surface area (Å²) in [6.45, 7) is 0. The molecule has 0 aliphatic heterocycles. The lowest BCUT2D eigenvalue weighted by Crippen LogP contribution is -2.10. The van der Waals surface area contributed by atoms with Crippen molar-refractivity contribution in [2.75, 3.05) is 4.90 Å². The summed E-state index contributed by atoms with van der Waals surface area (Å²) >= 11 is 0. The van der Waals surface area contributed by atoms with E-state index in [0.29, 0.717) is 0 Å². The van der Waals surface area contributed by atoms with Gasteiger partial charge in [0.2, 0.25) is 0 Å². The van der Waals surface area contributed by atoms with Gasteiger partial charge in [-0.3, -0.25) is 0 Å². The third-order valence-electron chi connectivity index (χ3n) is 9.39. The van der Waals surface area contributed by atoms with Gasteiger partial charge in [0.15, 0.2) is 0 Å². The molecule has 0 radical (unpaired) electrons. The maximum Gasteiger partial charge on any atom is 0.0540 e. The van der Waals surface area contributed by atoms with Crippen molar-refractivity contribution in [2.45, 2.75) is 0 Å². The molecule has 0 spiro atoms. The molecule has 0 bridgehead atoms. The molecular weight excluding hydrogens is 567 g/mol. The summed E-state index contributed by atoms with van der Waals surface area (Å²) in [5, 5.41) is 10.4. The highest BCUT2D eigenvalue weighted by Crippen LogP contribution is 2.40. The number of anilines is 3. The van der Waals surface area contributed by atoms with Crippen molar-refractivity contribution in [1.82, 2.24) is 0 Å². The fraction of sp³-hybridized carbons (Fsp3) is 0. The molecule has 0 aromatic heterocycles. The van der Waals surface area contributed by atoms with Crippen LogP contribution < -0.4 is 4.90 Å². The molecule has 0 aliphatic carbocycles. The molecule has 9 aromatic rings. The molecule has 0 fully saturated rings. The monoisotopic (exact) mass is 597 g/mol. The van der Waals surface area contributed by atoms with Crippen LogP contribution in [0.15, 0.2) is 176 Å². The van der Waals surface area contributed by atoms with Crippen molar-refractivity contribution >= 4 is 72.3 Å². The van der Waals surface area contributed by atoms with Gasteiger partial charge in [-0.2, -0.15) is 0 Å². The number of fused-ring (bicyclic) bond motifs is 1. The van der Waals surface area contributed by atoms with Crippen molar-refractivity contribution in [1.29, 1.82) is 0 Å². The fourth-order valence-electron chi connectivity index (χ4n) is 7.10. The van der Waals surface area contributed by atoms with Gasteiger partial charge in [-0.1, -0.05) is 158 Å². The fourth-order valence-corrected chi connectivity index (χ4v) is 7.10. The number of benzene rings is 9. The number of rotatable bonds is 6. The summed E-state index contributed by atoms with van der Waals surface area (Å²) in [5.41, 5.74) is 8.28. The smallest absolute Gasteiger partial charge is 0.0540 e. The third kappa shape index (κ3) is 4.81. The minimum absolute atomic E-state index is 1.13. The lowest BCUT2D eigenvalue weighted by molar-refractivity contribution is 1.30. The Morgan fingerprint density at radius 3 is 1.66 bits per heavy atom. The van der Waals surface area contributed by atoms with E-state index in [1.807, 2.05) is 0 Å². The van der Waals surface area contributed by atoms with Crippen LogP contribution in [0.4, 0.5) is 17.1 Å². The van der Waals surface area contributed by atoms with E-state index in [2.05, 4.69) is 193 Å². The normalized spacial score (nSPS) is 11.7. The van der Waals surface area contributed by atoms with Crippen LogP contribution in [0.1, 0.15) is 11.1 Å². The first-order valence-electron chi connectivity index (χ1n) is 16.2. The number of nitrogens with zero attached hydrogens (tertiary/aromatic N) is 1. The summed E-state index contributed by atoms with van der Waals surface area (Å²) < 4.78 is 0. The predicted molar refractivity (Wildman–Crippen MR) is 203 cm³/mol. The average molecular weight is 598 g/mol. The molecule has 47 heavy (non-hydrogen) atoms. The third-order valence-corrected chi connectivity index (χ3v) is 9.39. The van der Waals surface area contributed by atoms with E-state index in [0.717, 1.165) is 16.9 Å². The van der Waals surface area contributed by atoms with Crippen LogP contribution in [-0.2, 0) is 0 Å². The second kappa shape index (κ2) is 11.3. The maximum absolute atomic E-state index is 2.34. The summed E-state index contributed by atoms with van der Waals surface area (Å²) in [4.78, 5) is 2.34. The molecule has 220 valence electrons. The van der Waals surface area contributed by atoms with Crippen LogP contribution >= 0.6 is 0 Å². The van der Waals surface area contributed by atoms with Gasteiger partial charge in [-0.15, -0.1) is 0 Å². The van der Waals surface area contributed by atoms with Crippen LogP contribution in [0.25, 0.3) is 66.4 Å². The van der Waals surface area contributed by atoms with Gasteiger partial charge >= 0.3 is 0 Å². The Kier molecular flexibility index (Phi) is 6.54. The Morgan fingerprint density at radius 1 is 0.340 bits per heavy atom. The molecule has 0 atom stereocenters. The van der Waals surface area contributed by atoms with E-state index in [4.69, 9.17) is 0 Å². The van der Waals surface area contributed by atoms with E-state index in [-0.39, 0.29) is 0 Å². The highest BCUT2D eigenvalue weighted by molar-refractivity contribution is 6.25. The second-order valence-electron chi connectivity index (χ2n) is 12.2. The van der Waals surface area contributed by atoms with Crippen molar-refractivity contribution < 1.29 is 0 Å².